The number of nitrogens with two attached hydrogens (primary N) is 1. The van der Waals surface area contributed by atoms with Gasteiger partial charge < -0.3 is 41.6 Å². The summed E-state index contributed by atoms with van der Waals surface area (Å²) in [7, 11) is -1.67. The molecule has 27 nitrogen and oxygen atoms in total. The summed E-state index contributed by atoms with van der Waals surface area (Å²) in [5.41, 5.74) is 17.6. The Kier molecular flexibility index (Phi) is 24.5. The van der Waals surface area contributed by atoms with Crippen molar-refractivity contribution < 1.29 is 45.7 Å². The summed E-state index contributed by atoms with van der Waals surface area (Å²) >= 11 is 0. The number of carbonyl (C=O) groups excluding carboxylic acids is 5. The van der Waals surface area contributed by atoms with Gasteiger partial charge in [0.05, 0.1) is 100 Å². The molecule has 0 radical (unpaired) electrons. The van der Waals surface area contributed by atoms with E-state index in [1.165, 1.54) is 18.3 Å². The molecule has 1 aliphatic rings. The van der Waals surface area contributed by atoms with Crippen LogP contribution in [0.5, 0.6) is 5.75 Å². The lowest BCUT2D eigenvalue weighted by atomic mass is 10.1. The van der Waals surface area contributed by atoms with Crippen LogP contribution in [0.25, 0.3) is 55.9 Å². The Bertz CT molecular complexity index is 5540. The molecule has 1 aliphatic heterocycles. The average Bonchev–Trinajstić information content (AvgIpc) is 1.70. The Morgan fingerprint density at radius 1 is 0.509 bits per heavy atom. The maximum atomic E-state index is 12.8. The number of rotatable bonds is 16. The number of pyridine rings is 2. The zero-order valence-electron chi connectivity index (χ0n) is 59.1. The van der Waals surface area contributed by atoms with Gasteiger partial charge in [0.25, 0.3) is 29.5 Å². The number of methoxy groups -OCH3 is 1. The van der Waals surface area contributed by atoms with E-state index in [0.717, 1.165) is 39.6 Å². The highest BCUT2D eigenvalue weighted by Gasteiger charge is 2.24. The van der Waals surface area contributed by atoms with Crippen LogP contribution in [-0.2, 0) is 9.84 Å². The molecule has 14 rings (SSSR count). The quantitative estimate of drug-likeness (QED) is 0.0489. The molecule has 7 N–H and O–H groups in total. The predicted octanol–water partition coefficient (Wildman–Crippen LogP) is 13.5. The number of ether oxygens (including phenoxy) is 1. The second-order valence-electron chi connectivity index (χ2n) is 24.2. The van der Waals surface area contributed by atoms with Crippen molar-refractivity contribution in [2.24, 2.45) is 0 Å². The number of H-pyrrole nitrogens is 1. The van der Waals surface area contributed by atoms with Gasteiger partial charge in [0.2, 0.25) is 0 Å². The van der Waals surface area contributed by atoms with Gasteiger partial charge in [-0.2, -0.15) is 5.26 Å². The van der Waals surface area contributed by atoms with Crippen LogP contribution in [0.2, 0.25) is 0 Å². The smallest absolute Gasteiger partial charge is 0.278 e. The van der Waals surface area contributed by atoms with E-state index in [4.69, 9.17) is 15.7 Å². The topological polar surface area (TPSA) is 378 Å². The third-order valence-corrected chi connectivity index (χ3v) is 17.8. The van der Waals surface area contributed by atoms with Crippen LogP contribution < -0.4 is 31.7 Å². The Labute approximate surface area is 630 Å². The molecule has 1 saturated heterocycles. The molecular weight excluding hydrogens is 1390 g/mol. The number of anilines is 5. The first-order valence-electron chi connectivity index (χ1n) is 33.6. The summed E-state index contributed by atoms with van der Waals surface area (Å²) in [5, 5.41) is 21.1. The van der Waals surface area contributed by atoms with E-state index in [0.29, 0.717) is 106 Å². The number of carbonyl (C=O) groups is 5. The number of aromatic amines is 1. The molecule has 108 heavy (non-hydrogen) atoms. The average molecular weight is 1470 g/mol. The highest BCUT2D eigenvalue weighted by atomic mass is 32.2. The minimum atomic E-state index is -3.26. The number of piperazine rings is 1. The molecule has 0 aliphatic carbocycles. The van der Waals surface area contributed by atoms with Gasteiger partial charge in [-0.15, -0.1) is 0 Å². The van der Waals surface area contributed by atoms with Crippen LogP contribution in [0.3, 0.4) is 0 Å². The fraction of sp³-hybridized carbons (Fsp3) is 0.125. The van der Waals surface area contributed by atoms with Gasteiger partial charge in [-0.05, 0) is 130 Å². The summed E-state index contributed by atoms with van der Waals surface area (Å²) in [6.45, 7) is 8.20. The number of nitrogen functional groups attached to an aromatic ring is 1. The summed E-state index contributed by atoms with van der Waals surface area (Å²) in [5.74, 6) is -0.637. The van der Waals surface area contributed by atoms with Crippen molar-refractivity contribution in [1.29, 1.82) is 5.26 Å². The number of nitrogens with one attached hydrogen (secondary N) is 5. The molecule has 1 fully saturated rings. The van der Waals surface area contributed by atoms with Crippen molar-refractivity contribution in [3.8, 4) is 56.8 Å². The van der Waals surface area contributed by atoms with E-state index in [1.54, 1.807) is 143 Å². The molecule has 13 aromatic rings. The molecule has 6 aromatic carbocycles. The van der Waals surface area contributed by atoms with Gasteiger partial charge in [-0.3, -0.25) is 53.8 Å². The normalized spacial score (nSPS) is 11.7. The third-order valence-electron chi connectivity index (χ3n) is 16.6. The van der Waals surface area contributed by atoms with Crippen LogP contribution in [0.4, 0.5) is 28.6 Å². The van der Waals surface area contributed by atoms with Crippen molar-refractivity contribution in [3.63, 3.8) is 0 Å². The zero-order valence-corrected chi connectivity index (χ0v) is 59.9. The Morgan fingerprint density at radius 3 is 1.43 bits per heavy atom. The number of amides is 5. The Hall–Kier alpha value is -14.2. The van der Waals surface area contributed by atoms with Crippen molar-refractivity contribution >= 4 is 78.8 Å². The maximum Gasteiger partial charge on any atom is 0.278 e. The number of fused-ring (bicyclic) bond motifs is 1. The minimum absolute atomic E-state index is 0. The van der Waals surface area contributed by atoms with Gasteiger partial charge in [0.15, 0.2) is 21.3 Å². The molecule has 0 bridgehead atoms. The lowest BCUT2D eigenvalue weighted by molar-refractivity contribution is 0.0651. The molecular formula is C80H83N19O8S. The van der Waals surface area contributed by atoms with Crippen molar-refractivity contribution in [2.45, 2.75) is 25.7 Å². The van der Waals surface area contributed by atoms with E-state index in [-0.39, 0.29) is 65.7 Å². The van der Waals surface area contributed by atoms with Crippen LogP contribution in [0.15, 0.2) is 243 Å². The van der Waals surface area contributed by atoms with Crippen molar-refractivity contribution in [2.75, 3.05) is 73.1 Å². The van der Waals surface area contributed by atoms with E-state index in [9.17, 15) is 32.4 Å². The van der Waals surface area contributed by atoms with Crippen LogP contribution >= 0.6 is 0 Å². The number of para-hydroxylation sites is 3. The lowest BCUT2D eigenvalue weighted by Gasteiger charge is -2.33. The fourth-order valence-corrected chi connectivity index (χ4v) is 11.5. The molecule has 5 amide bonds. The van der Waals surface area contributed by atoms with E-state index < -0.39 is 15.7 Å². The van der Waals surface area contributed by atoms with Crippen LogP contribution in [0.1, 0.15) is 78.0 Å². The Morgan fingerprint density at radius 2 is 0.963 bits per heavy atom. The number of aryl methyl sites for hydroxylation is 3. The van der Waals surface area contributed by atoms with Crippen molar-refractivity contribution in [3.05, 3.63) is 283 Å². The number of sulfone groups is 1. The standard InChI is InChI=1S/C25H24N6O2.C19H17N3O3S.C18H14N6O.C18H16N4O2.6H2/c1-18-23(24(32)28-21-5-3-2-4-6-21)29-22(17-27-18)19-7-9-20(10-8-19)25(33)31-15-13-30(12-11-26)14-16-31;1-13-18(19(23)21-15-6-4-3-5-7-15)22-17(12-20-13)14-8-10-16(11-9-14)26(2,24)25;19-17-16(23-14(10-22-17)12-4-2-7-20-9-12)18(25)24-13-5-1-3-11-6-8-21-15(11)13;1-12-17(18(23)21-14-5-7-15(24-2)8-6-14)22-16(11-20-12)13-4-3-9-19-10-13;;;;;;/h2-10,17H,12-16H2,1H3,(H,28,32);3-12H,1-2H3,(H,21,23);1-10,21H,(H2,19,22)(H,24,25);3-11H,1-2H3,(H,21,23);6*1H. The lowest BCUT2D eigenvalue weighted by Crippen LogP contribution is -2.48. The summed E-state index contributed by atoms with van der Waals surface area (Å²) < 4.78 is 28.2. The van der Waals surface area contributed by atoms with Gasteiger partial charge in [0.1, 0.15) is 22.8 Å². The van der Waals surface area contributed by atoms with E-state index >= 15 is 0 Å². The number of aromatic nitrogens is 11. The minimum Gasteiger partial charge on any atom is -0.497 e. The first kappa shape index (κ1) is 75.0. The van der Waals surface area contributed by atoms with E-state index in [1.807, 2.05) is 114 Å². The van der Waals surface area contributed by atoms with Crippen LogP contribution in [-0.4, -0.2) is 149 Å². The number of nitrogens with zero attached hydrogens (tertiary/aromatic N) is 13. The van der Waals surface area contributed by atoms with Gasteiger partial charge in [0, 0.05) is 122 Å². The second-order valence-corrected chi connectivity index (χ2v) is 26.2. The molecule has 7 aromatic heterocycles. The molecule has 0 spiro atoms. The molecule has 28 heteroatoms. The fourth-order valence-electron chi connectivity index (χ4n) is 10.9. The first-order chi connectivity index (χ1) is 52.3. The molecule has 552 valence electrons. The molecule has 8 heterocycles. The molecule has 0 unspecified atom stereocenters. The summed E-state index contributed by atoms with van der Waals surface area (Å²) in [6.07, 6.45) is 16.0. The largest absolute Gasteiger partial charge is 0.497 e. The first-order valence-corrected chi connectivity index (χ1v) is 35.5. The monoisotopic (exact) mass is 1470 g/mol. The number of hydrogen-bond acceptors (Lipinski definition) is 21. The molecule has 0 saturated carbocycles. The predicted molar refractivity (Wildman–Crippen MR) is 424 cm³/mol. The summed E-state index contributed by atoms with van der Waals surface area (Å²) in [6, 6.07) is 55.9. The van der Waals surface area contributed by atoms with Crippen molar-refractivity contribution in [1.82, 2.24) is 64.6 Å². The number of benzene rings is 6. The van der Waals surface area contributed by atoms with Gasteiger partial charge in [-0.1, -0.05) is 72.8 Å². The number of hydrogen-bond donors (Lipinski definition) is 6. The number of nitriles is 1. The Balaban J connectivity index is 0.000000269. The third kappa shape index (κ3) is 19.6. The highest BCUT2D eigenvalue weighted by molar-refractivity contribution is 7.90. The highest BCUT2D eigenvalue weighted by Crippen LogP contribution is 2.27. The van der Waals surface area contributed by atoms with Gasteiger partial charge >= 0.3 is 0 Å². The second kappa shape index (κ2) is 35.3. The molecule has 0 atom stereocenters. The SMILES string of the molecule is COc1ccc(NC(=O)c2nc(-c3cccnc3)cnc2C)cc1.Cc1ncc(-c2ccc(C(=O)N3CCN(CC#N)CC3)cc2)nc1C(=O)Nc1ccccc1.Cc1ncc(-c2ccc(S(C)(=O)=O)cc2)nc1C(=O)Nc1ccccc1.Nc1ncc(-c2cccnc2)nc1C(=O)Nc1cccc2cc[nH]c12.[HH].[HH].[HH].[HH].[HH].[HH]. The van der Waals surface area contributed by atoms with E-state index in [2.05, 4.69) is 82.2 Å². The summed E-state index contributed by atoms with van der Waals surface area (Å²) in [4.78, 5) is 113. The zero-order chi connectivity index (χ0) is 76.1. The maximum absolute atomic E-state index is 12.8. The van der Waals surface area contributed by atoms with Crippen LogP contribution in [0, 0.1) is 32.1 Å². The van der Waals surface area contributed by atoms with Gasteiger partial charge in [-0.25, -0.2) is 33.3 Å².